The van der Waals surface area contributed by atoms with Crippen molar-refractivity contribution in [1.82, 2.24) is 14.8 Å². The lowest BCUT2D eigenvalue weighted by atomic mass is 10.2. The van der Waals surface area contributed by atoms with Gasteiger partial charge in [-0.1, -0.05) is 6.07 Å². The number of pyridine rings is 1. The molecule has 0 bridgehead atoms. The molecule has 0 atom stereocenters. The van der Waals surface area contributed by atoms with E-state index in [1.165, 1.54) is 12.1 Å². The van der Waals surface area contributed by atoms with Gasteiger partial charge in [0.15, 0.2) is 27.2 Å². The van der Waals surface area contributed by atoms with E-state index >= 15 is 0 Å². The van der Waals surface area contributed by atoms with E-state index in [0.717, 1.165) is 19.3 Å². The van der Waals surface area contributed by atoms with E-state index < -0.39 is 56.7 Å². The van der Waals surface area contributed by atoms with Crippen LogP contribution < -0.4 is 4.74 Å². The van der Waals surface area contributed by atoms with Gasteiger partial charge in [0.1, 0.15) is 0 Å². The summed E-state index contributed by atoms with van der Waals surface area (Å²) in [5.41, 5.74) is -2.66. The van der Waals surface area contributed by atoms with Crippen molar-refractivity contribution >= 4 is 9.84 Å². The van der Waals surface area contributed by atoms with E-state index in [9.17, 15) is 34.8 Å². The number of halogens is 6. The van der Waals surface area contributed by atoms with Crippen LogP contribution in [-0.2, 0) is 28.8 Å². The number of rotatable bonds is 5. The molecule has 144 valence electrons. The maximum atomic E-state index is 13.1. The average Bonchev–Trinajstić information content (AvgIpc) is 2.81. The van der Waals surface area contributed by atoms with Crippen LogP contribution in [0.15, 0.2) is 29.4 Å². The first-order valence-corrected chi connectivity index (χ1v) is 8.43. The molecule has 6 nitrogen and oxygen atoms in total. The zero-order valence-electron chi connectivity index (χ0n) is 13.0. The Bertz CT molecular complexity index is 875. The van der Waals surface area contributed by atoms with Crippen molar-refractivity contribution in [2.75, 3.05) is 6.61 Å². The van der Waals surface area contributed by atoms with Gasteiger partial charge in [0, 0.05) is 13.2 Å². The average molecular weight is 403 g/mol. The Kier molecular flexibility index (Phi) is 5.21. The smallest absolute Gasteiger partial charge is 0.435 e. The van der Waals surface area contributed by atoms with Crippen LogP contribution in [0.1, 0.15) is 11.3 Å². The van der Waals surface area contributed by atoms with E-state index in [4.69, 9.17) is 0 Å². The zero-order chi connectivity index (χ0) is 19.8. The minimum atomic E-state index is -5.09. The van der Waals surface area contributed by atoms with Crippen molar-refractivity contribution in [3.8, 4) is 5.88 Å². The van der Waals surface area contributed by atoms with Crippen molar-refractivity contribution in [3.63, 3.8) is 0 Å². The molecule has 2 rings (SSSR count). The van der Waals surface area contributed by atoms with Crippen LogP contribution in [0.3, 0.4) is 0 Å². The number of aromatic nitrogens is 3. The number of hydrogen-bond acceptors (Lipinski definition) is 5. The Morgan fingerprint density at radius 1 is 1.15 bits per heavy atom. The van der Waals surface area contributed by atoms with Crippen LogP contribution in [0.2, 0.25) is 0 Å². The second kappa shape index (κ2) is 6.78. The topological polar surface area (TPSA) is 74.1 Å². The molecule has 0 aliphatic carbocycles. The third-order valence-electron chi connectivity index (χ3n) is 3.02. The third kappa shape index (κ3) is 4.65. The van der Waals surface area contributed by atoms with Crippen LogP contribution in [0.4, 0.5) is 26.3 Å². The fourth-order valence-electron chi connectivity index (χ4n) is 2.04. The van der Waals surface area contributed by atoms with Gasteiger partial charge in [-0.2, -0.15) is 31.4 Å². The first-order chi connectivity index (χ1) is 11.8. The highest BCUT2D eigenvalue weighted by Crippen LogP contribution is 2.37. The highest BCUT2D eigenvalue weighted by Gasteiger charge is 2.42. The highest BCUT2D eigenvalue weighted by molar-refractivity contribution is 7.90. The summed E-state index contributed by atoms with van der Waals surface area (Å²) in [7, 11) is -3.47. The predicted octanol–water partition coefficient (Wildman–Crippen LogP) is 2.75. The molecular formula is C13H11F6N3O3S. The lowest BCUT2D eigenvalue weighted by Gasteiger charge is -2.12. The SMILES string of the molecule is Cn1nc(C(F)(F)F)c(CS(=O)(=O)c2ccccn2)c1OCC(F)(F)F. The van der Waals surface area contributed by atoms with E-state index in [2.05, 4.69) is 14.8 Å². The molecule has 0 fully saturated rings. The summed E-state index contributed by atoms with van der Waals surface area (Å²) in [6.45, 7) is -1.90. The van der Waals surface area contributed by atoms with E-state index in [1.807, 2.05) is 0 Å². The first-order valence-electron chi connectivity index (χ1n) is 6.77. The van der Waals surface area contributed by atoms with Gasteiger partial charge in [-0.25, -0.2) is 18.1 Å². The summed E-state index contributed by atoms with van der Waals surface area (Å²) >= 11 is 0. The van der Waals surface area contributed by atoms with Crippen molar-refractivity contribution in [3.05, 3.63) is 35.7 Å². The summed E-state index contributed by atoms with van der Waals surface area (Å²) in [6, 6.07) is 3.74. The van der Waals surface area contributed by atoms with Crippen molar-refractivity contribution in [2.24, 2.45) is 7.05 Å². The summed E-state index contributed by atoms with van der Waals surface area (Å²) in [6.07, 6.45) is -8.81. The molecule has 0 saturated carbocycles. The molecule has 0 amide bonds. The van der Waals surface area contributed by atoms with Crippen LogP contribution in [0, 0.1) is 0 Å². The standard InChI is InChI=1S/C13H11F6N3O3S/c1-22-11(25-7-12(14,15)16)8(10(21-22)13(17,18)19)6-26(23,24)9-4-2-3-5-20-9/h2-5H,6-7H2,1H3. The van der Waals surface area contributed by atoms with Crippen LogP contribution in [-0.4, -0.2) is 36.0 Å². The Labute approximate surface area is 143 Å². The first kappa shape index (κ1) is 20.0. The van der Waals surface area contributed by atoms with Gasteiger partial charge in [0.2, 0.25) is 5.88 Å². The molecule has 2 aromatic rings. The lowest BCUT2D eigenvalue weighted by molar-refractivity contribution is -0.154. The summed E-state index contributed by atoms with van der Waals surface area (Å²) in [5.74, 6) is -2.21. The van der Waals surface area contributed by atoms with Crippen LogP contribution in [0.5, 0.6) is 5.88 Å². The molecule has 0 spiro atoms. The molecule has 0 aliphatic heterocycles. The van der Waals surface area contributed by atoms with Gasteiger partial charge >= 0.3 is 12.4 Å². The van der Waals surface area contributed by atoms with Crippen LogP contribution >= 0.6 is 0 Å². The Balaban J connectivity index is 2.51. The number of nitrogens with zero attached hydrogens (tertiary/aromatic N) is 3. The zero-order valence-corrected chi connectivity index (χ0v) is 13.8. The lowest BCUT2D eigenvalue weighted by Crippen LogP contribution is -2.21. The molecule has 0 saturated heterocycles. The predicted molar refractivity (Wildman–Crippen MR) is 74.9 cm³/mol. The molecule has 0 aliphatic rings. The highest BCUT2D eigenvalue weighted by atomic mass is 32.2. The molecule has 0 aromatic carbocycles. The molecule has 2 aromatic heterocycles. The Morgan fingerprint density at radius 3 is 2.31 bits per heavy atom. The van der Waals surface area contributed by atoms with Crippen molar-refractivity contribution in [2.45, 2.75) is 23.1 Å². The van der Waals surface area contributed by atoms with E-state index in [-0.39, 0.29) is 0 Å². The molecule has 26 heavy (non-hydrogen) atoms. The minimum Gasteiger partial charge on any atom is -0.468 e. The fourth-order valence-corrected chi connectivity index (χ4v) is 3.33. The summed E-state index contributed by atoms with van der Waals surface area (Å²) in [4.78, 5) is 3.54. The number of hydrogen-bond donors (Lipinski definition) is 0. The maximum Gasteiger partial charge on any atom is 0.435 e. The molecule has 2 heterocycles. The Morgan fingerprint density at radius 2 is 1.81 bits per heavy atom. The largest absolute Gasteiger partial charge is 0.468 e. The molecule has 0 radical (unpaired) electrons. The minimum absolute atomic E-state index is 0.415. The molecule has 13 heteroatoms. The molecule has 0 unspecified atom stereocenters. The van der Waals surface area contributed by atoms with Gasteiger partial charge in [-0.15, -0.1) is 0 Å². The molecular weight excluding hydrogens is 392 g/mol. The normalized spacial score (nSPS) is 13.0. The fraction of sp³-hybridized carbons (Fsp3) is 0.385. The Hall–Kier alpha value is -2.31. The van der Waals surface area contributed by atoms with Gasteiger partial charge in [-0.3, -0.25) is 0 Å². The molecule has 0 N–H and O–H groups in total. The second-order valence-corrected chi connectivity index (χ2v) is 7.02. The van der Waals surface area contributed by atoms with Gasteiger partial charge in [0.05, 0.1) is 11.3 Å². The maximum absolute atomic E-state index is 13.1. The van der Waals surface area contributed by atoms with E-state index in [1.54, 1.807) is 0 Å². The third-order valence-corrected chi connectivity index (χ3v) is 4.57. The van der Waals surface area contributed by atoms with Crippen molar-refractivity contribution < 1.29 is 39.5 Å². The number of aryl methyl sites for hydroxylation is 1. The summed E-state index contributed by atoms with van der Waals surface area (Å²) < 4.78 is 106. The monoisotopic (exact) mass is 403 g/mol. The van der Waals surface area contributed by atoms with Gasteiger partial charge in [0.25, 0.3) is 0 Å². The van der Waals surface area contributed by atoms with E-state index in [0.29, 0.717) is 4.68 Å². The number of sulfone groups is 1. The van der Waals surface area contributed by atoms with Gasteiger partial charge in [-0.05, 0) is 12.1 Å². The number of ether oxygens (including phenoxy) is 1. The van der Waals surface area contributed by atoms with Gasteiger partial charge < -0.3 is 4.74 Å². The van der Waals surface area contributed by atoms with Crippen molar-refractivity contribution in [1.29, 1.82) is 0 Å². The second-order valence-electron chi connectivity index (χ2n) is 5.08. The summed E-state index contributed by atoms with van der Waals surface area (Å²) in [5, 5.41) is 2.55. The van der Waals surface area contributed by atoms with Crippen LogP contribution in [0.25, 0.3) is 0 Å². The quantitative estimate of drug-likeness (QED) is 0.718. The number of alkyl halides is 6.